The molecule has 0 saturated carbocycles. The van der Waals surface area contributed by atoms with E-state index in [1.165, 1.54) is 6.56 Å². The van der Waals surface area contributed by atoms with Gasteiger partial charge in [-0.1, -0.05) is 0 Å². The van der Waals surface area contributed by atoms with E-state index in [1.54, 1.807) is 7.11 Å². The van der Waals surface area contributed by atoms with Crippen molar-refractivity contribution >= 4 is 37.3 Å². The van der Waals surface area contributed by atoms with Crippen LogP contribution in [-0.4, -0.2) is 19.6 Å². The molecule has 6 heteroatoms. The van der Waals surface area contributed by atoms with Crippen LogP contribution in [0.4, 0.5) is 0 Å². The topological polar surface area (TPSA) is 18.5 Å². The van der Waals surface area contributed by atoms with E-state index in [4.69, 9.17) is 9.53 Å². The van der Waals surface area contributed by atoms with Crippen molar-refractivity contribution in [2.75, 3.05) is 7.11 Å². The zero-order valence-electron chi connectivity index (χ0n) is 14.2. The van der Waals surface area contributed by atoms with Gasteiger partial charge in [0.1, 0.15) is 0 Å². The molecular formula is C16H29Cl2O2SiZr. The van der Waals surface area contributed by atoms with Gasteiger partial charge in [0.2, 0.25) is 0 Å². The molecule has 22 heavy (non-hydrogen) atoms. The Hall–Kier alpha value is 0.430. The summed E-state index contributed by atoms with van der Waals surface area (Å²) in [6.07, 6.45) is 14.7. The summed E-state index contributed by atoms with van der Waals surface area (Å²) in [5, 5.41) is 0. The van der Waals surface area contributed by atoms with Gasteiger partial charge in [-0.25, -0.2) is 0 Å². The van der Waals surface area contributed by atoms with E-state index in [1.807, 2.05) is 0 Å². The first-order chi connectivity index (χ1) is 9.06. The van der Waals surface area contributed by atoms with E-state index in [0.29, 0.717) is 0 Å². The van der Waals surface area contributed by atoms with Gasteiger partial charge in [0.15, 0.2) is 0 Å². The van der Waals surface area contributed by atoms with E-state index < -0.39 is 26.0 Å². The molecule has 0 spiro atoms. The van der Waals surface area contributed by atoms with Crippen LogP contribution in [-0.2, 0) is 23.0 Å². The summed E-state index contributed by atoms with van der Waals surface area (Å²) in [4.78, 5) is 0. The Kier molecular flexibility index (Phi) is 6.51. The van der Waals surface area contributed by atoms with Crippen molar-refractivity contribution < 1.29 is 23.0 Å². The van der Waals surface area contributed by atoms with Crippen molar-refractivity contribution in [3.05, 3.63) is 43.0 Å². The second-order valence-corrected chi connectivity index (χ2v) is 30.1. The third-order valence-corrected chi connectivity index (χ3v) is 29.7. The molecule has 0 N–H and O–H groups in total. The van der Waals surface area contributed by atoms with E-state index in [-0.39, 0.29) is 24.8 Å². The van der Waals surface area contributed by atoms with Crippen molar-refractivity contribution in [3.63, 3.8) is 0 Å². The van der Waals surface area contributed by atoms with Crippen LogP contribution in [0.25, 0.3) is 0 Å². The molecule has 0 saturated heterocycles. The molecule has 127 valence electrons. The van der Waals surface area contributed by atoms with E-state index in [9.17, 15) is 0 Å². The molecule has 0 bridgehead atoms. The summed E-state index contributed by atoms with van der Waals surface area (Å²) in [6.45, 7) is 6.67. The maximum absolute atomic E-state index is 6.91. The van der Waals surface area contributed by atoms with Gasteiger partial charge in [0, 0.05) is 0 Å². The molecule has 0 atom stereocenters. The van der Waals surface area contributed by atoms with Crippen LogP contribution < -0.4 is 0 Å². The van der Waals surface area contributed by atoms with Gasteiger partial charge in [0.25, 0.3) is 0 Å². The van der Waals surface area contributed by atoms with Crippen LogP contribution in [0.3, 0.4) is 0 Å². The zero-order valence-corrected chi connectivity index (χ0v) is 19.3. The first-order valence-corrected chi connectivity index (χ1v) is 19.4. The molecule has 0 aliphatic heterocycles. The average Bonchev–Trinajstić information content (AvgIpc) is 3.01. The maximum atomic E-state index is 6.91. The Morgan fingerprint density at radius 3 is 1.64 bits per heavy atom. The number of hydrogen-bond donors (Lipinski definition) is 0. The molecular weight excluding hydrogens is 414 g/mol. The first kappa shape index (κ1) is 22.4. The Bertz CT molecular complexity index is 618. The van der Waals surface area contributed by atoms with Gasteiger partial charge in [-0.3, -0.25) is 0 Å². The van der Waals surface area contributed by atoms with Crippen molar-refractivity contribution in [2.45, 2.75) is 37.1 Å². The fourth-order valence-electron chi connectivity index (χ4n) is 3.61. The van der Waals surface area contributed by atoms with Crippen molar-refractivity contribution in [3.8, 4) is 0 Å². The predicted octanol–water partition coefficient (Wildman–Crippen LogP) is 5.55. The van der Waals surface area contributed by atoms with Crippen LogP contribution in [0.15, 0.2) is 43.0 Å². The molecule has 0 unspecified atom stereocenters. The molecule has 2 aliphatic rings. The predicted molar refractivity (Wildman–Crippen MR) is 103 cm³/mol. The standard InChI is InChI=1S/2C5H5.C3H9OSi.CH3O.CH3.CH2.2ClH.Zr/c2*1-2-4-5-3-1;1-5(2,3)4;1-2;;;;;/h2*1-3H,4H2;1-3H3;1H3;1H3;1H2;2*1H;/q;;2*-1;;;;;+2. The molecule has 0 aromatic rings. The quantitative estimate of drug-likeness (QED) is 0.519. The van der Waals surface area contributed by atoms with Gasteiger partial charge in [-0.15, -0.1) is 24.8 Å². The summed E-state index contributed by atoms with van der Waals surface area (Å²) < 4.78 is 22.8. The fraction of sp³-hybridized carbons (Fsp3) is 0.438. The van der Waals surface area contributed by atoms with E-state index in [2.05, 4.69) is 60.7 Å². The Balaban J connectivity index is 0.00000220. The summed E-state index contributed by atoms with van der Waals surface area (Å²) in [5.74, 6) is 0. The van der Waals surface area contributed by atoms with Crippen LogP contribution in [0.1, 0.15) is 12.8 Å². The second kappa shape index (κ2) is 6.38. The number of rotatable bonds is 5. The molecule has 0 heterocycles. The van der Waals surface area contributed by atoms with Gasteiger partial charge >= 0.3 is 123 Å². The summed E-state index contributed by atoms with van der Waals surface area (Å²) in [7, 11) is -0.0336. The second-order valence-electron chi connectivity index (χ2n) is 7.59. The van der Waals surface area contributed by atoms with E-state index >= 15 is 0 Å². The molecule has 0 aromatic heterocycles. The van der Waals surface area contributed by atoms with Crippen LogP contribution >= 0.6 is 24.8 Å². The monoisotopic (exact) mass is 441 g/mol. The molecule has 0 radical (unpaired) electrons. The van der Waals surface area contributed by atoms with Gasteiger partial charge < -0.3 is 0 Å². The van der Waals surface area contributed by atoms with Crippen LogP contribution in [0.2, 0.25) is 24.3 Å². The summed E-state index contributed by atoms with van der Waals surface area (Å²) in [5.41, 5.74) is 0. The van der Waals surface area contributed by atoms with Gasteiger partial charge in [-0.2, -0.15) is 0 Å². The van der Waals surface area contributed by atoms with Gasteiger partial charge in [-0.05, 0) is 0 Å². The molecule has 2 aliphatic carbocycles. The summed E-state index contributed by atoms with van der Waals surface area (Å²) >= 11 is -4.80. The number of halogens is 2. The molecule has 0 amide bonds. The first-order valence-electron chi connectivity index (χ1n) is 7.31. The van der Waals surface area contributed by atoms with Crippen molar-refractivity contribution in [1.29, 1.82) is 0 Å². The SMILES string of the molecule is Cl.Cl.[CH2]=[Zr]([CH3])([O]C)([O][Si](C)(C)C)([C]1=CC=CC1)[C]1=CC=CC1. The number of hydrogen-bond acceptors (Lipinski definition) is 2. The Labute approximate surface area is 146 Å². The summed E-state index contributed by atoms with van der Waals surface area (Å²) in [6, 6.07) is 0. The normalized spacial score (nSPS) is 20.4. The van der Waals surface area contributed by atoms with Crippen molar-refractivity contribution in [2.24, 2.45) is 0 Å². The molecule has 2 rings (SSSR count). The Morgan fingerprint density at radius 2 is 1.41 bits per heavy atom. The van der Waals surface area contributed by atoms with Gasteiger partial charge in [0.05, 0.1) is 0 Å². The van der Waals surface area contributed by atoms with Crippen LogP contribution in [0.5, 0.6) is 0 Å². The fourth-order valence-corrected chi connectivity index (χ4v) is 31.3. The number of allylic oxidation sites excluding steroid dienone is 8. The third kappa shape index (κ3) is 3.43. The third-order valence-electron chi connectivity index (χ3n) is 4.74. The minimum absolute atomic E-state index is 0. The Morgan fingerprint density at radius 1 is 1.00 bits per heavy atom. The minimum atomic E-state index is -4.80. The van der Waals surface area contributed by atoms with Crippen LogP contribution in [0, 0.1) is 0 Å². The van der Waals surface area contributed by atoms with E-state index in [0.717, 1.165) is 12.8 Å². The average molecular weight is 444 g/mol. The molecule has 0 aromatic carbocycles. The van der Waals surface area contributed by atoms with Crippen molar-refractivity contribution in [1.82, 2.24) is 0 Å². The zero-order chi connectivity index (χ0) is 15.1. The molecule has 2 nitrogen and oxygen atoms in total. The molecule has 0 fully saturated rings.